The number of nitrogens with zero attached hydrogens (tertiary/aromatic N) is 1. The van der Waals surface area contributed by atoms with E-state index in [1.807, 2.05) is 0 Å². The molecule has 0 aliphatic heterocycles. The maximum Gasteiger partial charge on any atom is 0.199 e. The van der Waals surface area contributed by atoms with E-state index in [2.05, 4.69) is 36.0 Å². The van der Waals surface area contributed by atoms with Crippen LogP contribution in [-0.2, 0) is 4.57 Å². The maximum atomic E-state index is 12.0. The van der Waals surface area contributed by atoms with Gasteiger partial charge in [0.2, 0.25) is 0 Å². The Kier molecular flexibility index (Phi) is 7.45. The maximum absolute atomic E-state index is 12.0. The molecule has 0 rings (SSSR count). The fourth-order valence-corrected chi connectivity index (χ4v) is 3.74. The van der Waals surface area contributed by atoms with Gasteiger partial charge in [0.1, 0.15) is 0 Å². The molecular formula is C9H18NOPS. The van der Waals surface area contributed by atoms with Gasteiger partial charge < -0.3 is 0 Å². The van der Waals surface area contributed by atoms with Crippen LogP contribution in [0.25, 0.3) is 0 Å². The van der Waals surface area contributed by atoms with E-state index in [0.29, 0.717) is 12.3 Å². The van der Waals surface area contributed by atoms with Crippen LogP contribution in [0.2, 0.25) is 0 Å². The Morgan fingerprint density at radius 2 is 1.69 bits per heavy atom. The molecular weight excluding hydrogens is 201 g/mol. The Morgan fingerprint density at radius 1 is 1.23 bits per heavy atom. The Hall–Kier alpha value is 0.0300. The third-order valence-corrected chi connectivity index (χ3v) is 4.67. The zero-order valence-electron chi connectivity index (χ0n) is 8.45. The van der Waals surface area contributed by atoms with Crippen molar-refractivity contribution in [2.24, 2.45) is 4.76 Å². The van der Waals surface area contributed by atoms with Crippen molar-refractivity contribution in [3.05, 3.63) is 0 Å². The minimum absolute atomic E-state index is 0.702. The van der Waals surface area contributed by atoms with Crippen LogP contribution in [0, 0.1) is 0 Å². The van der Waals surface area contributed by atoms with Crippen LogP contribution in [0.1, 0.15) is 39.5 Å². The summed E-state index contributed by atoms with van der Waals surface area (Å²) in [4.78, 5) is 0. The molecule has 0 aromatic heterocycles. The summed E-state index contributed by atoms with van der Waals surface area (Å²) in [7, 11) is -2.34. The molecule has 0 amide bonds. The number of hydrogen-bond donors (Lipinski definition) is 0. The van der Waals surface area contributed by atoms with Gasteiger partial charge in [0, 0.05) is 12.3 Å². The van der Waals surface area contributed by atoms with Crippen molar-refractivity contribution < 1.29 is 4.57 Å². The molecule has 0 saturated heterocycles. The summed E-state index contributed by atoms with van der Waals surface area (Å²) in [5.74, 6) is 0. The second kappa shape index (κ2) is 7.44. The van der Waals surface area contributed by atoms with Gasteiger partial charge in [-0.05, 0) is 25.1 Å². The first kappa shape index (κ1) is 13.0. The third-order valence-electron chi connectivity index (χ3n) is 1.95. The van der Waals surface area contributed by atoms with Gasteiger partial charge in [-0.15, -0.1) is 0 Å². The lowest BCUT2D eigenvalue weighted by Crippen LogP contribution is -1.92. The van der Waals surface area contributed by atoms with Crippen LogP contribution < -0.4 is 0 Å². The van der Waals surface area contributed by atoms with Crippen molar-refractivity contribution in [3.63, 3.8) is 0 Å². The van der Waals surface area contributed by atoms with Crippen molar-refractivity contribution in [1.29, 1.82) is 0 Å². The van der Waals surface area contributed by atoms with Crippen molar-refractivity contribution >= 4 is 24.7 Å². The summed E-state index contributed by atoms with van der Waals surface area (Å²) in [5.41, 5.74) is 0. The number of rotatable bonds is 7. The van der Waals surface area contributed by atoms with E-state index in [1.54, 1.807) is 0 Å². The van der Waals surface area contributed by atoms with Crippen LogP contribution in [0.3, 0.4) is 0 Å². The number of isothiocyanates is 1. The summed E-state index contributed by atoms with van der Waals surface area (Å²) in [6.07, 6.45) is 5.47. The first-order valence-corrected chi connectivity index (χ1v) is 7.30. The topological polar surface area (TPSA) is 29.4 Å². The molecule has 0 aromatic carbocycles. The fraction of sp³-hybridized carbons (Fsp3) is 0.889. The summed E-state index contributed by atoms with van der Waals surface area (Å²) in [6.45, 7) is 4.18. The van der Waals surface area contributed by atoms with Gasteiger partial charge in [0.15, 0.2) is 7.29 Å². The molecule has 0 spiro atoms. The van der Waals surface area contributed by atoms with Crippen molar-refractivity contribution in [2.75, 3.05) is 12.3 Å². The summed E-state index contributed by atoms with van der Waals surface area (Å²) >= 11 is 4.51. The average Bonchev–Trinajstić information content (AvgIpc) is 2.12. The van der Waals surface area contributed by atoms with Gasteiger partial charge in [-0.1, -0.05) is 26.7 Å². The minimum Gasteiger partial charge on any atom is -0.298 e. The van der Waals surface area contributed by atoms with E-state index in [-0.39, 0.29) is 0 Å². The molecule has 0 radical (unpaired) electrons. The van der Waals surface area contributed by atoms with Gasteiger partial charge >= 0.3 is 0 Å². The predicted octanol–water partition coefficient (Wildman–Crippen LogP) is 3.97. The molecule has 76 valence electrons. The number of thiocarbonyl (C=S) groups is 1. The lowest BCUT2D eigenvalue weighted by atomic mass is 10.4. The molecule has 0 heterocycles. The normalized spacial score (nSPS) is 10.9. The fourth-order valence-electron chi connectivity index (χ4n) is 1.10. The summed E-state index contributed by atoms with van der Waals surface area (Å²) in [6, 6.07) is 0. The van der Waals surface area contributed by atoms with Crippen LogP contribution in [0.5, 0.6) is 0 Å². The van der Waals surface area contributed by atoms with Crippen molar-refractivity contribution in [3.8, 4) is 0 Å². The highest BCUT2D eigenvalue weighted by atomic mass is 32.1. The van der Waals surface area contributed by atoms with Gasteiger partial charge in [0.25, 0.3) is 0 Å². The quantitative estimate of drug-likeness (QED) is 0.368. The molecule has 0 aromatic rings. The molecule has 4 heteroatoms. The summed E-state index contributed by atoms with van der Waals surface area (Å²) in [5, 5.41) is 2.27. The second-order valence-electron chi connectivity index (χ2n) is 3.19. The Labute approximate surface area is 86.3 Å². The molecule has 0 saturated carbocycles. The monoisotopic (exact) mass is 219 g/mol. The molecule has 0 unspecified atom stereocenters. The molecule has 13 heavy (non-hydrogen) atoms. The lowest BCUT2D eigenvalue weighted by molar-refractivity contribution is 0.571. The number of hydrogen-bond acceptors (Lipinski definition) is 2. The number of unbranched alkanes of at least 4 members (excludes halogenated alkanes) is 2. The summed E-state index contributed by atoms with van der Waals surface area (Å²) < 4.78 is 15.9. The second-order valence-corrected chi connectivity index (χ2v) is 6.16. The molecule has 2 nitrogen and oxygen atoms in total. The van der Waals surface area contributed by atoms with E-state index in [0.717, 1.165) is 25.7 Å². The smallest absolute Gasteiger partial charge is 0.199 e. The Morgan fingerprint density at radius 3 is 2.00 bits per heavy atom. The van der Waals surface area contributed by atoms with Gasteiger partial charge in [-0.2, -0.15) is 4.76 Å². The van der Waals surface area contributed by atoms with E-state index in [1.165, 1.54) is 0 Å². The molecule has 0 N–H and O–H groups in total. The van der Waals surface area contributed by atoms with Gasteiger partial charge in [0.05, 0.1) is 5.16 Å². The molecule has 0 bridgehead atoms. The van der Waals surface area contributed by atoms with Gasteiger partial charge in [-0.3, -0.25) is 4.57 Å². The molecule has 0 aliphatic rings. The highest BCUT2D eigenvalue weighted by molar-refractivity contribution is 7.78. The highest BCUT2D eigenvalue weighted by Crippen LogP contribution is 2.48. The SMILES string of the molecule is CCCCP(=O)(CCCC)N=C=S. The van der Waals surface area contributed by atoms with E-state index in [9.17, 15) is 4.57 Å². The molecule has 0 aliphatic carbocycles. The predicted molar refractivity (Wildman–Crippen MR) is 62.2 cm³/mol. The van der Waals surface area contributed by atoms with Crippen LogP contribution in [-0.4, -0.2) is 17.5 Å². The lowest BCUT2D eigenvalue weighted by Gasteiger charge is -2.10. The van der Waals surface area contributed by atoms with Gasteiger partial charge in [-0.25, -0.2) is 0 Å². The Balaban J connectivity index is 4.16. The largest absolute Gasteiger partial charge is 0.298 e. The zero-order valence-corrected chi connectivity index (χ0v) is 10.2. The first-order chi connectivity index (χ1) is 6.18. The van der Waals surface area contributed by atoms with Crippen molar-refractivity contribution in [2.45, 2.75) is 39.5 Å². The molecule has 0 fully saturated rings. The zero-order chi connectivity index (χ0) is 10.2. The van der Waals surface area contributed by atoms with Crippen LogP contribution in [0.15, 0.2) is 4.76 Å². The standard InChI is InChI=1S/C9H18NOPS/c1-3-5-7-12(11,10-9-13)8-6-4-2/h3-8H2,1-2H3. The van der Waals surface area contributed by atoms with Crippen molar-refractivity contribution in [1.82, 2.24) is 0 Å². The highest BCUT2D eigenvalue weighted by Gasteiger charge is 2.18. The molecule has 0 atom stereocenters. The average molecular weight is 219 g/mol. The minimum atomic E-state index is -2.34. The van der Waals surface area contributed by atoms with Crippen LogP contribution >= 0.6 is 19.5 Å². The van der Waals surface area contributed by atoms with E-state index in [4.69, 9.17) is 0 Å². The first-order valence-electron chi connectivity index (χ1n) is 4.86. The van der Waals surface area contributed by atoms with E-state index >= 15 is 0 Å². The van der Waals surface area contributed by atoms with E-state index < -0.39 is 7.29 Å². The Bertz CT molecular complexity index is 212. The third kappa shape index (κ3) is 6.15. The van der Waals surface area contributed by atoms with Crippen LogP contribution in [0.4, 0.5) is 0 Å².